The average molecular weight is 309 g/mol. The van der Waals surface area contributed by atoms with Crippen LogP contribution in [0.1, 0.15) is 46.2 Å². The Balaban J connectivity index is 1.96. The molecule has 1 aromatic heterocycles. The molecule has 0 aromatic carbocycles. The predicted octanol–water partition coefficient (Wildman–Crippen LogP) is 1.85. The minimum absolute atomic E-state index is 0.0314. The summed E-state index contributed by atoms with van der Waals surface area (Å²) < 4.78 is 5.11. The van der Waals surface area contributed by atoms with Crippen LogP contribution < -0.4 is 5.32 Å². The van der Waals surface area contributed by atoms with Gasteiger partial charge in [-0.05, 0) is 19.8 Å². The first-order chi connectivity index (χ1) is 10.2. The second-order valence-electron chi connectivity index (χ2n) is 6.79. The highest BCUT2D eigenvalue weighted by atomic mass is 16.5. The van der Waals surface area contributed by atoms with Crippen LogP contribution in [-0.4, -0.2) is 45.7 Å². The Morgan fingerprint density at radius 1 is 1.50 bits per heavy atom. The number of hydrogen-bond donors (Lipinski definition) is 2. The molecule has 22 heavy (non-hydrogen) atoms. The Bertz CT molecular complexity index is 557. The standard InChI is InChI=1S/C15H23N3O4/c1-9(14(20)21)18(10-5-6-10)8-12(19)16-13-7-11(17-22-13)15(2,3)4/h7,9-10H,5-6,8H2,1-4H3,(H,16,19)(H,20,21). The van der Waals surface area contributed by atoms with E-state index in [9.17, 15) is 9.59 Å². The first-order valence-corrected chi connectivity index (χ1v) is 7.44. The molecule has 2 N–H and O–H groups in total. The number of carbonyl (C=O) groups is 2. The van der Waals surface area contributed by atoms with Gasteiger partial charge in [0.25, 0.3) is 0 Å². The van der Waals surface area contributed by atoms with Crippen LogP contribution >= 0.6 is 0 Å². The third-order valence-electron chi connectivity index (χ3n) is 3.74. The number of aliphatic carboxylic acids is 1. The van der Waals surface area contributed by atoms with Crippen LogP contribution in [0.25, 0.3) is 0 Å². The van der Waals surface area contributed by atoms with Crippen LogP contribution in [-0.2, 0) is 15.0 Å². The highest BCUT2D eigenvalue weighted by Gasteiger charge is 2.36. The maximum absolute atomic E-state index is 12.1. The lowest BCUT2D eigenvalue weighted by molar-refractivity contribution is -0.143. The summed E-state index contributed by atoms with van der Waals surface area (Å²) in [5, 5.41) is 15.7. The van der Waals surface area contributed by atoms with Crippen molar-refractivity contribution in [2.24, 2.45) is 0 Å². The molecular formula is C15H23N3O4. The lowest BCUT2D eigenvalue weighted by atomic mass is 9.92. The van der Waals surface area contributed by atoms with Gasteiger partial charge in [-0.3, -0.25) is 19.8 Å². The number of hydrogen-bond acceptors (Lipinski definition) is 5. The second kappa shape index (κ2) is 6.08. The van der Waals surface area contributed by atoms with E-state index < -0.39 is 12.0 Å². The fourth-order valence-corrected chi connectivity index (χ4v) is 2.16. The number of amides is 1. The zero-order chi connectivity index (χ0) is 16.5. The van der Waals surface area contributed by atoms with Crippen molar-refractivity contribution < 1.29 is 19.2 Å². The zero-order valence-corrected chi connectivity index (χ0v) is 13.4. The quantitative estimate of drug-likeness (QED) is 0.832. The van der Waals surface area contributed by atoms with Gasteiger partial charge in [-0.2, -0.15) is 0 Å². The Hall–Kier alpha value is -1.89. The number of carboxylic acid groups (broad SMARTS) is 1. The molecular weight excluding hydrogens is 286 g/mol. The van der Waals surface area contributed by atoms with Crippen molar-refractivity contribution in [3.05, 3.63) is 11.8 Å². The summed E-state index contributed by atoms with van der Waals surface area (Å²) >= 11 is 0. The molecule has 122 valence electrons. The molecule has 0 bridgehead atoms. The highest BCUT2D eigenvalue weighted by molar-refractivity contribution is 5.91. The molecule has 0 aliphatic heterocycles. The van der Waals surface area contributed by atoms with Crippen molar-refractivity contribution in [1.29, 1.82) is 0 Å². The summed E-state index contributed by atoms with van der Waals surface area (Å²) in [6.45, 7) is 7.63. The molecule has 1 aromatic rings. The molecule has 1 amide bonds. The molecule has 7 heteroatoms. The molecule has 1 heterocycles. The van der Waals surface area contributed by atoms with Crippen molar-refractivity contribution in [1.82, 2.24) is 10.1 Å². The number of nitrogens with one attached hydrogen (secondary N) is 1. The van der Waals surface area contributed by atoms with Gasteiger partial charge in [0.1, 0.15) is 6.04 Å². The number of anilines is 1. The number of carbonyl (C=O) groups excluding carboxylic acids is 1. The van der Waals surface area contributed by atoms with Crippen molar-refractivity contribution in [3.63, 3.8) is 0 Å². The molecule has 0 radical (unpaired) electrons. The molecule has 1 atom stereocenters. The maximum Gasteiger partial charge on any atom is 0.320 e. The van der Waals surface area contributed by atoms with E-state index in [1.54, 1.807) is 17.9 Å². The molecule has 0 saturated heterocycles. The number of rotatable bonds is 6. The van der Waals surface area contributed by atoms with Gasteiger partial charge in [0, 0.05) is 17.5 Å². The summed E-state index contributed by atoms with van der Waals surface area (Å²) in [4.78, 5) is 24.9. The van der Waals surface area contributed by atoms with Crippen molar-refractivity contribution in [2.75, 3.05) is 11.9 Å². The van der Waals surface area contributed by atoms with Gasteiger partial charge in [0.2, 0.25) is 11.8 Å². The van der Waals surface area contributed by atoms with E-state index in [2.05, 4.69) is 10.5 Å². The molecule has 1 unspecified atom stereocenters. The van der Waals surface area contributed by atoms with E-state index in [4.69, 9.17) is 9.63 Å². The summed E-state index contributed by atoms with van der Waals surface area (Å²) in [6, 6.07) is 1.19. The monoisotopic (exact) mass is 309 g/mol. The van der Waals surface area contributed by atoms with E-state index in [1.807, 2.05) is 20.8 Å². The minimum atomic E-state index is -0.922. The summed E-state index contributed by atoms with van der Waals surface area (Å²) in [7, 11) is 0. The Morgan fingerprint density at radius 2 is 2.14 bits per heavy atom. The zero-order valence-electron chi connectivity index (χ0n) is 13.4. The second-order valence-corrected chi connectivity index (χ2v) is 6.79. The smallest absolute Gasteiger partial charge is 0.320 e. The average Bonchev–Trinajstić information content (AvgIpc) is 3.13. The van der Waals surface area contributed by atoms with E-state index in [-0.39, 0.29) is 29.8 Å². The summed E-state index contributed by atoms with van der Waals surface area (Å²) in [5.41, 5.74) is 0.588. The van der Waals surface area contributed by atoms with Crippen LogP contribution in [0.5, 0.6) is 0 Å². The Morgan fingerprint density at radius 3 is 2.59 bits per heavy atom. The maximum atomic E-state index is 12.1. The molecule has 1 fully saturated rings. The number of carboxylic acids is 1. The normalized spacial score (nSPS) is 16.6. The first-order valence-electron chi connectivity index (χ1n) is 7.44. The Labute approximate surface area is 129 Å². The van der Waals surface area contributed by atoms with Gasteiger partial charge in [-0.15, -0.1) is 0 Å². The van der Waals surface area contributed by atoms with Gasteiger partial charge in [-0.1, -0.05) is 25.9 Å². The topological polar surface area (TPSA) is 95.7 Å². The number of aromatic nitrogens is 1. The third kappa shape index (κ3) is 4.07. The Kier molecular flexibility index (Phi) is 4.55. The fourth-order valence-electron chi connectivity index (χ4n) is 2.16. The summed E-state index contributed by atoms with van der Waals surface area (Å²) in [6.07, 6.45) is 1.86. The summed E-state index contributed by atoms with van der Waals surface area (Å²) in [5.74, 6) is -0.931. The molecule has 7 nitrogen and oxygen atoms in total. The van der Waals surface area contributed by atoms with E-state index in [0.717, 1.165) is 18.5 Å². The highest BCUT2D eigenvalue weighted by Crippen LogP contribution is 2.29. The molecule has 2 rings (SSSR count). The van der Waals surface area contributed by atoms with Gasteiger partial charge < -0.3 is 9.63 Å². The van der Waals surface area contributed by atoms with Crippen LogP contribution in [0.4, 0.5) is 5.88 Å². The first kappa shape index (κ1) is 16.5. The van der Waals surface area contributed by atoms with Crippen LogP contribution in [0.3, 0.4) is 0 Å². The van der Waals surface area contributed by atoms with Crippen molar-refractivity contribution in [2.45, 2.75) is 58.0 Å². The largest absolute Gasteiger partial charge is 0.480 e. The van der Waals surface area contributed by atoms with Crippen LogP contribution in [0, 0.1) is 0 Å². The van der Waals surface area contributed by atoms with Gasteiger partial charge in [0.05, 0.1) is 12.2 Å². The number of nitrogens with zero attached hydrogens (tertiary/aromatic N) is 2. The van der Waals surface area contributed by atoms with Crippen LogP contribution in [0.15, 0.2) is 10.6 Å². The van der Waals surface area contributed by atoms with Gasteiger partial charge in [-0.25, -0.2) is 0 Å². The molecule has 1 aliphatic carbocycles. The van der Waals surface area contributed by atoms with Crippen LogP contribution in [0.2, 0.25) is 0 Å². The van der Waals surface area contributed by atoms with Gasteiger partial charge >= 0.3 is 5.97 Å². The lowest BCUT2D eigenvalue weighted by Crippen LogP contribution is -2.44. The van der Waals surface area contributed by atoms with Gasteiger partial charge in [0.15, 0.2) is 0 Å². The molecule has 1 aliphatic rings. The van der Waals surface area contributed by atoms with Crippen molar-refractivity contribution in [3.8, 4) is 0 Å². The third-order valence-corrected chi connectivity index (χ3v) is 3.74. The lowest BCUT2D eigenvalue weighted by Gasteiger charge is -2.24. The van der Waals surface area contributed by atoms with E-state index in [0.29, 0.717) is 0 Å². The van der Waals surface area contributed by atoms with E-state index in [1.165, 1.54) is 0 Å². The molecule has 0 spiro atoms. The fraction of sp³-hybridized carbons (Fsp3) is 0.667. The SMILES string of the molecule is CC(C(=O)O)N(CC(=O)Nc1cc(C(C)(C)C)no1)C1CC1. The molecule has 1 saturated carbocycles. The minimum Gasteiger partial charge on any atom is -0.480 e. The van der Waals surface area contributed by atoms with E-state index >= 15 is 0 Å². The van der Waals surface area contributed by atoms with Crippen molar-refractivity contribution >= 4 is 17.8 Å². The predicted molar refractivity (Wildman–Crippen MR) is 80.7 cm³/mol.